The van der Waals surface area contributed by atoms with Crippen molar-refractivity contribution < 1.29 is 4.79 Å². The normalized spacial score (nSPS) is 23.7. The van der Waals surface area contributed by atoms with Crippen molar-refractivity contribution in [2.45, 2.75) is 19.3 Å². The zero-order chi connectivity index (χ0) is 6.69. The lowest BCUT2D eigenvalue weighted by molar-refractivity contribution is -0.114. The van der Waals surface area contributed by atoms with Gasteiger partial charge in [0.05, 0.1) is 0 Å². The number of carbonyl (C=O) groups is 1. The molecule has 1 fully saturated rings. The van der Waals surface area contributed by atoms with E-state index in [0.29, 0.717) is 12.3 Å². The van der Waals surface area contributed by atoms with E-state index in [1.807, 2.05) is 6.08 Å². The van der Waals surface area contributed by atoms with Crippen molar-refractivity contribution in [3.05, 3.63) is 11.6 Å². The molecule has 0 atom stereocenters. The van der Waals surface area contributed by atoms with Gasteiger partial charge in [-0.05, 0) is 18.4 Å². The minimum absolute atomic E-state index is 0.292. The fourth-order valence-corrected chi connectivity index (χ4v) is 1.10. The summed E-state index contributed by atoms with van der Waals surface area (Å²) >= 11 is 0. The first-order valence-corrected chi connectivity index (χ1v) is 3.27. The van der Waals surface area contributed by atoms with Gasteiger partial charge in [-0.15, -0.1) is 0 Å². The SMILES string of the molecule is NC/C=C1\CCCC1=O. The highest BCUT2D eigenvalue weighted by Gasteiger charge is 2.15. The van der Waals surface area contributed by atoms with E-state index >= 15 is 0 Å². The summed E-state index contributed by atoms with van der Waals surface area (Å²) in [5, 5.41) is 0. The molecule has 0 aliphatic heterocycles. The van der Waals surface area contributed by atoms with Crippen LogP contribution in [0.3, 0.4) is 0 Å². The van der Waals surface area contributed by atoms with E-state index in [0.717, 1.165) is 24.8 Å². The predicted molar refractivity (Wildman–Crippen MR) is 36.0 cm³/mol. The largest absolute Gasteiger partial charge is 0.327 e. The molecule has 2 N–H and O–H groups in total. The van der Waals surface area contributed by atoms with Gasteiger partial charge in [0.1, 0.15) is 0 Å². The molecule has 1 aliphatic carbocycles. The quantitative estimate of drug-likeness (QED) is 0.522. The molecule has 0 aromatic carbocycles. The fourth-order valence-electron chi connectivity index (χ4n) is 1.10. The molecule has 9 heavy (non-hydrogen) atoms. The van der Waals surface area contributed by atoms with Crippen molar-refractivity contribution in [2.75, 3.05) is 6.54 Å². The van der Waals surface area contributed by atoms with E-state index in [9.17, 15) is 4.79 Å². The average Bonchev–Trinajstić information content (AvgIpc) is 2.18. The molecule has 2 heteroatoms. The van der Waals surface area contributed by atoms with Gasteiger partial charge in [-0.25, -0.2) is 0 Å². The van der Waals surface area contributed by atoms with Gasteiger partial charge in [0.2, 0.25) is 0 Å². The van der Waals surface area contributed by atoms with Crippen molar-refractivity contribution >= 4 is 5.78 Å². The summed E-state index contributed by atoms with van der Waals surface area (Å²) in [4.78, 5) is 10.8. The van der Waals surface area contributed by atoms with Gasteiger partial charge in [-0.1, -0.05) is 6.08 Å². The maximum Gasteiger partial charge on any atom is 0.158 e. The van der Waals surface area contributed by atoms with E-state index < -0.39 is 0 Å². The molecule has 0 amide bonds. The molecule has 2 nitrogen and oxygen atoms in total. The second-order valence-electron chi connectivity index (χ2n) is 2.24. The minimum Gasteiger partial charge on any atom is -0.327 e. The van der Waals surface area contributed by atoms with Gasteiger partial charge in [-0.2, -0.15) is 0 Å². The molecule has 0 aromatic heterocycles. The highest BCUT2D eigenvalue weighted by atomic mass is 16.1. The molecule has 1 aliphatic rings. The van der Waals surface area contributed by atoms with Crippen molar-refractivity contribution in [1.29, 1.82) is 0 Å². The van der Waals surface area contributed by atoms with Crippen molar-refractivity contribution in [2.24, 2.45) is 5.73 Å². The van der Waals surface area contributed by atoms with Crippen LogP contribution in [0, 0.1) is 0 Å². The van der Waals surface area contributed by atoms with Crippen molar-refractivity contribution in [3.63, 3.8) is 0 Å². The highest BCUT2D eigenvalue weighted by Crippen LogP contribution is 2.19. The molecule has 1 saturated carbocycles. The number of ketones is 1. The molecule has 0 heterocycles. The maximum atomic E-state index is 10.8. The number of hydrogen-bond donors (Lipinski definition) is 1. The van der Waals surface area contributed by atoms with Gasteiger partial charge in [0.15, 0.2) is 5.78 Å². The number of rotatable bonds is 1. The zero-order valence-corrected chi connectivity index (χ0v) is 5.39. The monoisotopic (exact) mass is 125 g/mol. The predicted octanol–water partition coefficient (Wildman–Crippen LogP) is 0.625. The minimum atomic E-state index is 0.292. The first-order chi connectivity index (χ1) is 4.34. The van der Waals surface area contributed by atoms with E-state index in [1.165, 1.54) is 0 Å². The molecule has 1 rings (SSSR count). The van der Waals surface area contributed by atoms with Gasteiger partial charge >= 0.3 is 0 Å². The first-order valence-electron chi connectivity index (χ1n) is 3.27. The van der Waals surface area contributed by atoms with Crippen LogP contribution in [0.4, 0.5) is 0 Å². The average molecular weight is 125 g/mol. The lowest BCUT2D eigenvalue weighted by Gasteiger charge is -1.88. The Bertz CT molecular complexity index is 149. The van der Waals surface area contributed by atoms with Crippen LogP contribution in [0.25, 0.3) is 0 Å². The Morgan fingerprint density at radius 1 is 1.56 bits per heavy atom. The van der Waals surface area contributed by atoms with E-state index in [2.05, 4.69) is 0 Å². The lowest BCUT2D eigenvalue weighted by Crippen LogP contribution is -1.98. The Morgan fingerprint density at radius 3 is 2.78 bits per heavy atom. The van der Waals surface area contributed by atoms with E-state index in [1.54, 1.807) is 0 Å². The molecule has 0 radical (unpaired) electrons. The summed E-state index contributed by atoms with van der Waals surface area (Å²) < 4.78 is 0. The summed E-state index contributed by atoms with van der Waals surface area (Å²) in [6.07, 6.45) is 4.52. The van der Waals surface area contributed by atoms with Crippen LogP contribution in [0.2, 0.25) is 0 Å². The number of nitrogens with two attached hydrogens (primary N) is 1. The number of Topliss-reactive ketones (excluding diaryl/α,β-unsaturated/α-hetero) is 1. The molecular formula is C7H11NO. The van der Waals surface area contributed by atoms with Crippen LogP contribution < -0.4 is 5.73 Å². The Hall–Kier alpha value is -0.630. The summed E-state index contributed by atoms with van der Waals surface area (Å²) in [7, 11) is 0. The molecule has 0 unspecified atom stereocenters. The third-order valence-corrected chi connectivity index (χ3v) is 1.57. The second kappa shape index (κ2) is 2.78. The van der Waals surface area contributed by atoms with Crippen LogP contribution in [-0.4, -0.2) is 12.3 Å². The smallest absolute Gasteiger partial charge is 0.158 e. The second-order valence-corrected chi connectivity index (χ2v) is 2.24. The van der Waals surface area contributed by atoms with E-state index in [4.69, 9.17) is 5.73 Å². The van der Waals surface area contributed by atoms with Crippen LogP contribution >= 0.6 is 0 Å². The topological polar surface area (TPSA) is 43.1 Å². The third-order valence-electron chi connectivity index (χ3n) is 1.57. The number of carbonyl (C=O) groups excluding carboxylic acids is 1. The Labute approximate surface area is 54.7 Å². The maximum absolute atomic E-state index is 10.8. The van der Waals surface area contributed by atoms with Gasteiger partial charge in [0.25, 0.3) is 0 Å². The lowest BCUT2D eigenvalue weighted by atomic mass is 10.2. The fraction of sp³-hybridized carbons (Fsp3) is 0.571. The third kappa shape index (κ3) is 1.39. The number of hydrogen-bond acceptors (Lipinski definition) is 2. The van der Waals surface area contributed by atoms with Gasteiger partial charge in [0, 0.05) is 13.0 Å². The zero-order valence-electron chi connectivity index (χ0n) is 5.39. The van der Waals surface area contributed by atoms with Crippen molar-refractivity contribution in [3.8, 4) is 0 Å². The summed E-state index contributed by atoms with van der Waals surface area (Å²) in [6.45, 7) is 0.501. The van der Waals surface area contributed by atoms with Gasteiger partial charge in [-0.3, -0.25) is 4.79 Å². The molecule has 0 bridgehead atoms. The molecule has 0 spiro atoms. The molecular weight excluding hydrogens is 114 g/mol. The number of allylic oxidation sites excluding steroid dienone is 1. The Balaban J connectivity index is 2.59. The molecule has 50 valence electrons. The van der Waals surface area contributed by atoms with Crippen LogP contribution in [0.15, 0.2) is 11.6 Å². The summed E-state index contributed by atoms with van der Waals surface area (Å²) in [5.41, 5.74) is 6.18. The Kier molecular flexibility index (Phi) is 2.01. The van der Waals surface area contributed by atoms with Crippen molar-refractivity contribution in [1.82, 2.24) is 0 Å². The summed E-state index contributed by atoms with van der Waals surface area (Å²) in [6, 6.07) is 0. The standard InChI is InChI=1S/C7H11NO/c8-5-4-6-2-1-3-7(6)9/h4H,1-3,5,8H2/b6-4+. The summed E-state index contributed by atoms with van der Waals surface area (Å²) in [5.74, 6) is 0.292. The highest BCUT2D eigenvalue weighted by molar-refractivity contribution is 5.97. The molecule has 0 aromatic rings. The van der Waals surface area contributed by atoms with Crippen LogP contribution in [-0.2, 0) is 4.79 Å². The van der Waals surface area contributed by atoms with E-state index in [-0.39, 0.29) is 0 Å². The first kappa shape index (κ1) is 6.49. The Morgan fingerprint density at radius 2 is 2.33 bits per heavy atom. The van der Waals surface area contributed by atoms with Gasteiger partial charge < -0.3 is 5.73 Å². The van der Waals surface area contributed by atoms with Crippen LogP contribution in [0.5, 0.6) is 0 Å². The van der Waals surface area contributed by atoms with Crippen LogP contribution in [0.1, 0.15) is 19.3 Å². The molecule has 0 saturated heterocycles.